The Hall–Kier alpha value is -3.13. The molecule has 2 aromatic rings. The second-order valence-corrected chi connectivity index (χ2v) is 8.90. The summed E-state index contributed by atoms with van der Waals surface area (Å²) in [7, 11) is 0. The zero-order chi connectivity index (χ0) is 22.1. The summed E-state index contributed by atoms with van der Waals surface area (Å²) in [5, 5.41) is 5.90. The van der Waals surface area contributed by atoms with Crippen LogP contribution in [0.15, 0.2) is 36.5 Å². The largest absolute Gasteiger partial charge is 0.479 e. The van der Waals surface area contributed by atoms with Gasteiger partial charge >= 0.3 is 0 Å². The van der Waals surface area contributed by atoms with Gasteiger partial charge in [0.25, 0.3) is 11.8 Å². The van der Waals surface area contributed by atoms with Crippen LogP contribution >= 0.6 is 0 Å². The third kappa shape index (κ3) is 4.70. The third-order valence-corrected chi connectivity index (χ3v) is 6.34. The molecule has 1 saturated heterocycles. The number of nitrogens with one attached hydrogen (secondary N) is 2. The van der Waals surface area contributed by atoms with E-state index in [1.807, 2.05) is 24.3 Å². The van der Waals surface area contributed by atoms with Gasteiger partial charge in [-0.2, -0.15) is 0 Å². The molecule has 2 N–H and O–H groups in total. The Balaban J connectivity index is 1.13. The molecule has 0 bridgehead atoms. The molecule has 2 fully saturated rings. The number of pyridine rings is 1. The Morgan fingerprint density at radius 1 is 1.19 bits per heavy atom. The number of hydrogen-bond donors (Lipinski definition) is 2. The molecule has 1 unspecified atom stereocenters. The lowest BCUT2D eigenvalue weighted by molar-refractivity contribution is -0.122. The van der Waals surface area contributed by atoms with E-state index in [9.17, 15) is 9.59 Å². The molecule has 0 radical (unpaired) electrons. The van der Waals surface area contributed by atoms with Crippen molar-refractivity contribution in [2.24, 2.45) is 5.92 Å². The molecule has 1 saturated carbocycles. The zero-order valence-electron chi connectivity index (χ0n) is 18.3. The Bertz CT molecular complexity index is 997. The first-order valence-corrected chi connectivity index (χ1v) is 11.4. The first-order valence-electron chi connectivity index (χ1n) is 11.4. The Morgan fingerprint density at radius 3 is 2.72 bits per heavy atom. The average Bonchev–Trinajstić information content (AvgIpc) is 3.64. The van der Waals surface area contributed by atoms with Gasteiger partial charge in [0.15, 0.2) is 6.10 Å². The van der Waals surface area contributed by atoms with Crippen LogP contribution in [0.4, 0.5) is 11.5 Å². The van der Waals surface area contributed by atoms with Crippen LogP contribution in [-0.2, 0) is 11.3 Å². The maximum atomic E-state index is 12.2. The van der Waals surface area contributed by atoms with Crippen LogP contribution in [0.25, 0.3) is 0 Å². The standard InChI is InChI=1S/C24H29N5O3/c1-16-23(30)27-20-12-18(4-6-21(20)32-16)15-28-8-10-29(11-9-28)22-7-5-19(14-25-22)24(31)26-13-17-2-3-17/h4-7,12,14,16-17H,2-3,8-11,13,15H2,1H3,(H,26,31)(H,27,30). The van der Waals surface area contributed by atoms with Gasteiger partial charge in [-0.05, 0) is 55.5 Å². The average molecular weight is 436 g/mol. The molecular formula is C24H29N5O3. The van der Waals surface area contributed by atoms with Gasteiger partial charge in [-0.3, -0.25) is 14.5 Å². The van der Waals surface area contributed by atoms with E-state index in [2.05, 4.69) is 31.5 Å². The molecule has 32 heavy (non-hydrogen) atoms. The minimum atomic E-state index is -0.457. The lowest BCUT2D eigenvalue weighted by atomic mass is 10.1. The van der Waals surface area contributed by atoms with Gasteiger partial charge in [-0.1, -0.05) is 6.07 Å². The molecule has 1 aliphatic carbocycles. The molecule has 1 atom stereocenters. The Morgan fingerprint density at radius 2 is 2.00 bits per heavy atom. The van der Waals surface area contributed by atoms with Crippen molar-refractivity contribution >= 4 is 23.3 Å². The summed E-state index contributed by atoms with van der Waals surface area (Å²) in [6, 6.07) is 9.79. The zero-order valence-corrected chi connectivity index (χ0v) is 18.3. The van der Waals surface area contributed by atoms with Crippen LogP contribution in [0, 0.1) is 5.92 Å². The summed E-state index contributed by atoms with van der Waals surface area (Å²) >= 11 is 0. The predicted molar refractivity (Wildman–Crippen MR) is 122 cm³/mol. The van der Waals surface area contributed by atoms with Crippen LogP contribution in [0.5, 0.6) is 5.75 Å². The second kappa shape index (κ2) is 8.78. The summed E-state index contributed by atoms with van der Waals surface area (Å²) in [5.41, 5.74) is 2.51. The highest BCUT2D eigenvalue weighted by Gasteiger charge is 2.25. The van der Waals surface area contributed by atoms with Crippen LogP contribution in [-0.4, -0.2) is 60.5 Å². The highest BCUT2D eigenvalue weighted by molar-refractivity contribution is 5.97. The monoisotopic (exact) mass is 435 g/mol. The van der Waals surface area contributed by atoms with Crippen molar-refractivity contribution in [3.8, 4) is 5.75 Å². The van der Waals surface area contributed by atoms with Crippen LogP contribution in [0.2, 0.25) is 0 Å². The molecule has 2 amide bonds. The maximum Gasteiger partial charge on any atom is 0.265 e. The van der Waals surface area contributed by atoms with Gasteiger partial charge in [-0.25, -0.2) is 4.98 Å². The second-order valence-electron chi connectivity index (χ2n) is 8.90. The maximum absolute atomic E-state index is 12.2. The number of carbonyl (C=O) groups is 2. The number of amides is 2. The molecule has 5 rings (SSSR count). The van der Waals surface area contributed by atoms with Crippen molar-refractivity contribution in [3.05, 3.63) is 47.7 Å². The lowest BCUT2D eigenvalue weighted by Crippen LogP contribution is -2.46. The lowest BCUT2D eigenvalue weighted by Gasteiger charge is -2.35. The molecular weight excluding hydrogens is 406 g/mol. The molecule has 3 heterocycles. The van der Waals surface area contributed by atoms with Gasteiger partial charge in [0.2, 0.25) is 0 Å². The van der Waals surface area contributed by atoms with Gasteiger partial charge in [0.1, 0.15) is 11.6 Å². The summed E-state index contributed by atoms with van der Waals surface area (Å²) in [4.78, 5) is 33.3. The fraction of sp³-hybridized carbons (Fsp3) is 0.458. The molecule has 3 aliphatic rings. The van der Waals surface area contributed by atoms with Crippen LogP contribution in [0.1, 0.15) is 35.7 Å². The van der Waals surface area contributed by atoms with Gasteiger partial charge in [0.05, 0.1) is 11.3 Å². The highest BCUT2D eigenvalue weighted by atomic mass is 16.5. The number of anilines is 2. The van der Waals surface area contributed by atoms with Crippen molar-refractivity contribution < 1.29 is 14.3 Å². The number of rotatable bonds is 6. The van der Waals surface area contributed by atoms with E-state index in [4.69, 9.17) is 4.74 Å². The number of hydrogen-bond acceptors (Lipinski definition) is 6. The number of ether oxygens (including phenoxy) is 1. The van der Waals surface area contributed by atoms with Gasteiger partial charge in [0, 0.05) is 45.5 Å². The number of carbonyl (C=O) groups excluding carboxylic acids is 2. The van der Waals surface area contributed by atoms with E-state index in [1.165, 1.54) is 12.8 Å². The molecule has 8 heteroatoms. The van der Waals surface area contributed by atoms with E-state index < -0.39 is 6.10 Å². The summed E-state index contributed by atoms with van der Waals surface area (Å²) in [6.45, 7) is 6.93. The number of aromatic nitrogens is 1. The van der Waals surface area contributed by atoms with Crippen LogP contribution in [0.3, 0.4) is 0 Å². The summed E-state index contributed by atoms with van der Waals surface area (Å²) in [6.07, 6.45) is 3.66. The predicted octanol–water partition coefficient (Wildman–Crippen LogP) is 2.26. The van der Waals surface area contributed by atoms with Gasteiger partial charge < -0.3 is 20.3 Å². The quantitative estimate of drug-likeness (QED) is 0.724. The molecule has 8 nitrogen and oxygen atoms in total. The van der Waals surface area contributed by atoms with E-state index >= 15 is 0 Å². The number of benzene rings is 1. The smallest absolute Gasteiger partial charge is 0.265 e. The van der Waals surface area contributed by atoms with Crippen molar-refractivity contribution in [2.75, 3.05) is 42.9 Å². The van der Waals surface area contributed by atoms with Crippen molar-refractivity contribution in [3.63, 3.8) is 0 Å². The normalized spacial score (nSPS) is 20.8. The first-order chi connectivity index (χ1) is 15.5. The van der Waals surface area contributed by atoms with Crippen molar-refractivity contribution in [2.45, 2.75) is 32.4 Å². The summed E-state index contributed by atoms with van der Waals surface area (Å²) < 4.78 is 5.64. The topological polar surface area (TPSA) is 86.8 Å². The van der Waals surface area contributed by atoms with E-state index in [0.717, 1.165) is 62.1 Å². The molecule has 2 aliphatic heterocycles. The Kier molecular flexibility index (Phi) is 5.70. The minimum Gasteiger partial charge on any atom is -0.479 e. The number of fused-ring (bicyclic) bond motifs is 1. The van der Waals surface area contributed by atoms with Crippen molar-refractivity contribution in [1.82, 2.24) is 15.2 Å². The fourth-order valence-electron chi connectivity index (χ4n) is 4.12. The molecule has 0 spiro atoms. The fourth-order valence-corrected chi connectivity index (χ4v) is 4.12. The number of piperazine rings is 1. The van der Waals surface area contributed by atoms with E-state index in [1.54, 1.807) is 13.1 Å². The van der Waals surface area contributed by atoms with E-state index in [-0.39, 0.29) is 11.8 Å². The highest BCUT2D eigenvalue weighted by Crippen LogP contribution is 2.31. The third-order valence-electron chi connectivity index (χ3n) is 6.34. The van der Waals surface area contributed by atoms with Gasteiger partial charge in [-0.15, -0.1) is 0 Å². The molecule has 1 aromatic heterocycles. The minimum absolute atomic E-state index is 0.0399. The van der Waals surface area contributed by atoms with E-state index in [0.29, 0.717) is 11.5 Å². The molecule has 1 aromatic carbocycles. The first kappa shape index (κ1) is 20.8. The summed E-state index contributed by atoms with van der Waals surface area (Å²) in [5.74, 6) is 2.15. The number of nitrogens with zero attached hydrogens (tertiary/aromatic N) is 3. The van der Waals surface area contributed by atoms with Crippen molar-refractivity contribution in [1.29, 1.82) is 0 Å². The van der Waals surface area contributed by atoms with Crippen LogP contribution < -0.4 is 20.3 Å². The Labute approximate surface area is 187 Å². The molecule has 168 valence electrons. The SMILES string of the molecule is CC1Oc2ccc(CN3CCN(c4ccc(C(=O)NCC5CC5)cn4)CC3)cc2NC1=O.